The smallest absolute Gasteiger partial charge is 0.305 e. The summed E-state index contributed by atoms with van der Waals surface area (Å²) in [6.07, 6.45) is -0.514. The van der Waals surface area contributed by atoms with E-state index in [1.807, 2.05) is 0 Å². The summed E-state index contributed by atoms with van der Waals surface area (Å²) in [4.78, 5) is 10.8. The third-order valence-corrected chi connectivity index (χ3v) is 6.09. The van der Waals surface area contributed by atoms with Crippen LogP contribution in [0.5, 0.6) is 0 Å². The Bertz CT molecular complexity index is 821. The van der Waals surface area contributed by atoms with Crippen molar-refractivity contribution in [3.63, 3.8) is 0 Å². The number of hydrogen-bond acceptors (Lipinski definition) is 4. The summed E-state index contributed by atoms with van der Waals surface area (Å²) in [5, 5.41) is 8.97. The van der Waals surface area contributed by atoms with Gasteiger partial charge in [0.2, 0.25) is 10.0 Å². The van der Waals surface area contributed by atoms with E-state index in [9.17, 15) is 17.6 Å². The van der Waals surface area contributed by atoms with E-state index in [1.165, 1.54) is 18.2 Å². The molecular formula is C13H10Cl2FNO4S2. The van der Waals surface area contributed by atoms with Crippen LogP contribution in [0.15, 0.2) is 35.2 Å². The minimum atomic E-state index is -4.09. The zero-order valence-electron chi connectivity index (χ0n) is 11.3. The van der Waals surface area contributed by atoms with Crippen molar-refractivity contribution in [2.45, 2.75) is 17.4 Å². The van der Waals surface area contributed by atoms with Crippen LogP contribution in [0.1, 0.15) is 18.0 Å². The van der Waals surface area contributed by atoms with Gasteiger partial charge in [0.25, 0.3) is 0 Å². The molecule has 0 spiro atoms. The quantitative estimate of drug-likeness (QED) is 0.778. The highest BCUT2D eigenvalue weighted by Crippen LogP contribution is 2.35. The second kappa shape index (κ2) is 7.14. The van der Waals surface area contributed by atoms with E-state index < -0.39 is 34.3 Å². The first kappa shape index (κ1) is 18.2. The molecule has 0 aliphatic rings. The van der Waals surface area contributed by atoms with Crippen molar-refractivity contribution in [2.24, 2.45) is 0 Å². The van der Waals surface area contributed by atoms with E-state index in [1.54, 1.807) is 0 Å². The van der Waals surface area contributed by atoms with Crippen molar-refractivity contribution >= 4 is 50.5 Å². The average Bonchev–Trinajstić information content (AvgIpc) is 2.78. The number of benzene rings is 1. The zero-order valence-corrected chi connectivity index (χ0v) is 14.4. The molecule has 1 unspecified atom stereocenters. The van der Waals surface area contributed by atoms with E-state index in [0.29, 0.717) is 5.56 Å². The summed E-state index contributed by atoms with van der Waals surface area (Å²) < 4.78 is 40.2. The van der Waals surface area contributed by atoms with E-state index in [4.69, 9.17) is 28.3 Å². The maximum absolute atomic E-state index is 13.0. The topological polar surface area (TPSA) is 83.5 Å². The average molecular weight is 398 g/mol. The number of halogens is 3. The van der Waals surface area contributed by atoms with Gasteiger partial charge in [0.15, 0.2) is 0 Å². The van der Waals surface area contributed by atoms with Crippen LogP contribution in [0.2, 0.25) is 8.67 Å². The maximum Gasteiger partial charge on any atom is 0.305 e. The van der Waals surface area contributed by atoms with Crippen LogP contribution in [0, 0.1) is 5.82 Å². The number of nitrogens with one attached hydrogen (secondary N) is 1. The molecule has 0 aliphatic carbocycles. The lowest BCUT2D eigenvalue weighted by molar-refractivity contribution is -0.137. The second-order valence-electron chi connectivity index (χ2n) is 4.51. The van der Waals surface area contributed by atoms with Gasteiger partial charge in [0.1, 0.15) is 15.0 Å². The third kappa shape index (κ3) is 4.65. The Balaban J connectivity index is 2.35. The Labute approximate surface area is 145 Å². The summed E-state index contributed by atoms with van der Waals surface area (Å²) >= 11 is 12.4. The molecule has 124 valence electrons. The van der Waals surface area contributed by atoms with Crippen LogP contribution in [0.3, 0.4) is 0 Å². The summed E-state index contributed by atoms with van der Waals surface area (Å²) in [5.74, 6) is -1.73. The van der Waals surface area contributed by atoms with Gasteiger partial charge < -0.3 is 5.11 Å². The highest BCUT2D eigenvalue weighted by Gasteiger charge is 2.27. The number of thiophene rings is 1. The Kier molecular flexibility index (Phi) is 5.64. The molecular weight excluding hydrogens is 388 g/mol. The molecule has 1 aromatic carbocycles. The van der Waals surface area contributed by atoms with Crippen LogP contribution in [-0.4, -0.2) is 19.5 Å². The minimum absolute atomic E-state index is 0.0318. The first-order chi connectivity index (χ1) is 10.7. The normalized spacial score (nSPS) is 13.0. The van der Waals surface area contributed by atoms with E-state index in [2.05, 4.69) is 4.72 Å². The largest absolute Gasteiger partial charge is 0.481 e. The summed E-state index contributed by atoms with van der Waals surface area (Å²) in [6.45, 7) is 0. The molecule has 5 nitrogen and oxygen atoms in total. The number of carboxylic acid groups (broad SMARTS) is 1. The van der Waals surface area contributed by atoms with Crippen molar-refractivity contribution in [1.29, 1.82) is 0 Å². The SMILES string of the molecule is O=C(O)CC(NS(=O)(=O)c1cc(Cl)sc1Cl)c1ccc(F)cc1. The van der Waals surface area contributed by atoms with Gasteiger partial charge in [-0.3, -0.25) is 4.79 Å². The Hall–Kier alpha value is -1.19. The van der Waals surface area contributed by atoms with Crippen molar-refractivity contribution in [3.05, 3.63) is 50.4 Å². The molecule has 1 heterocycles. The van der Waals surface area contributed by atoms with Gasteiger partial charge in [-0.2, -0.15) is 0 Å². The highest BCUT2D eigenvalue weighted by atomic mass is 35.5. The van der Waals surface area contributed by atoms with Crippen LogP contribution < -0.4 is 4.72 Å². The predicted molar refractivity (Wildman–Crippen MR) is 86.1 cm³/mol. The van der Waals surface area contributed by atoms with Crippen molar-refractivity contribution in [1.82, 2.24) is 4.72 Å². The van der Waals surface area contributed by atoms with Gasteiger partial charge in [0.05, 0.1) is 16.8 Å². The fourth-order valence-electron chi connectivity index (χ4n) is 1.86. The molecule has 0 fully saturated rings. The van der Waals surface area contributed by atoms with Gasteiger partial charge in [-0.25, -0.2) is 17.5 Å². The van der Waals surface area contributed by atoms with E-state index >= 15 is 0 Å². The molecule has 0 saturated carbocycles. The molecule has 0 aliphatic heterocycles. The number of aliphatic carboxylic acids is 1. The molecule has 2 rings (SSSR count). The number of hydrogen-bond donors (Lipinski definition) is 2. The van der Waals surface area contributed by atoms with Gasteiger partial charge in [-0.1, -0.05) is 35.3 Å². The molecule has 23 heavy (non-hydrogen) atoms. The third-order valence-electron chi connectivity index (χ3n) is 2.86. The predicted octanol–water partition coefficient (Wildman–Crippen LogP) is 3.69. The highest BCUT2D eigenvalue weighted by molar-refractivity contribution is 7.89. The van der Waals surface area contributed by atoms with E-state index in [-0.39, 0.29) is 13.6 Å². The zero-order chi connectivity index (χ0) is 17.2. The Morgan fingerprint density at radius 3 is 2.39 bits per heavy atom. The molecule has 0 saturated heterocycles. The lowest BCUT2D eigenvalue weighted by Gasteiger charge is -2.17. The molecule has 1 aromatic heterocycles. The van der Waals surface area contributed by atoms with Gasteiger partial charge >= 0.3 is 5.97 Å². The van der Waals surface area contributed by atoms with Crippen LogP contribution in [0.4, 0.5) is 4.39 Å². The van der Waals surface area contributed by atoms with Gasteiger partial charge in [0, 0.05) is 0 Å². The minimum Gasteiger partial charge on any atom is -0.481 e. The first-order valence-electron chi connectivity index (χ1n) is 6.13. The molecule has 1 atom stereocenters. The fourth-order valence-corrected chi connectivity index (χ4v) is 5.23. The molecule has 2 N–H and O–H groups in total. The Morgan fingerprint density at radius 1 is 1.30 bits per heavy atom. The number of carbonyl (C=O) groups is 1. The molecule has 2 aromatic rings. The molecule has 10 heteroatoms. The molecule has 0 amide bonds. The molecule has 0 radical (unpaired) electrons. The van der Waals surface area contributed by atoms with Crippen molar-refractivity contribution in [2.75, 3.05) is 0 Å². The van der Waals surface area contributed by atoms with Crippen LogP contribution >= 0.6 is 34.5 Å². The maximum atomic E-state index is 13.0. The standard InChI is InChI=1S/C13H10Cl2FNO4S2/c14-11-6-10(13(15)22-11)23(20,21)17-9(5-12(18)19)7-1-3-8(16)4-2-7/h1-4,6,9,17H,5H2,(H,18,19). The molecule has 0 bridgehead atoms. The number of rotatable bonds is 6. The lowest BCUT2D eigenvalue weighted by atomic mass is 10.1. The summed E-state index contributed by atoms with van der Waals surface area (Å²) in [5.41, 5.74) is 0.315. The van der Waals surface area contributed by atoms with Crippen LogP contribution in [-0.2, 0) is 14.8 Å². The second-order valence-corrected chi connectivity index (χ2v) is 8.48. The monoisotopic (exact) mass is 397 g/mol. The lowest BCUT2D eigenvalue weighted by Crippen LogP contribution is -2.30. The number of sulfonamides is 1. The fraction of sp³-hybridized carbons (Fsp3) is 0.154. The summed E-state index contributed by atoms with van der Waals surface area (Å²) in [6, 6.07) is 4.97. The van der Waals surface area contributed by atoms with Crippen molar-refractivity contribution < 1.29 is 22.7 Å². The number of carboxylic acids is 1. The Morgan fingerprint density at radius 2 is 1.91 bits per heavy atom. The van der Waals surface area contributed by atoms with Crippen molar-refractivity contribution in [3.8, 4) is 0 Å². The van der Waals surface area contributed by atoms with Gasteiger partial charge in [-0.05, 0) is 23.8 Å². The van der Waals surface area contributed by atoms with Gasteiger partial charge in [-0.15, -0.1) is 11.3 Å². The van der Waals surface area contributed by atoms with Crippen LogP contribution in [0.25, 0.3) is 0 Å². The first-order valence-corrected chi connectivity index (χ1v) is 9.19. The summed E-state index contributed by atoms with van der Waals surface area (Å²) in [7, 11) is -4.09. The van der Waals surface area contributed by atoms with E-state index in [0.717, 1.165) is 23.5 Å².